The van der Waals surface area contributed by atoms with Gasteiger partial charge in [0, 0.05) is 12.5 Å². The fraction of sp³-hybridized carbons (Fsp3) is 0.857. The molecule has 1 aliphatic rings. The van der Waals surface area contributed by atoms with Gasteiger partial charge < -0.3 is 10.6 Å². The number of thiocarbonyl (C=S) groups is 1. The minimum atomic E-state index is -0.165. The van der Waals surface area contributed by atoms with E-state index in [9.17, 15) is 4.79 Å². The van der Waals surface area contributed by atoms with Gasteiger partial charge in [0.2, 0.25) is 5.91 Å². The van der Waals surface area contributed by atoms with Crippen LogP contribution < -0.4 is 5.73 Å². The van der Waals surface area contributed by atoms with Crippen LogP contribution in [0.5, 0.6) is 0 Å². The average Bonchev–Trinajstić information content (AvgIpc) is 2.74. The minimum Gasteiger partial charge on any atom is -0.392 e. The Morgan fingerprint density at radius 1 is 1.33 bits per heavy atom. The van der Waals surface area contributed by atoms with E-state index in [1.165, 1.54) is 0 Å². The zero-order valence-corrected chi connectivity index (χ0v) is 12.8. The summed E-state index contributed by atoms with van der Waals surface area (Å²) in [7, 11) is 1.83. The van der Waals surface area contributed by atoms with Crippen LogP contribution >= 0.6 is 12.2 Å². The molecule has 1 rings (SSSR count). The molecule has 0 heterocycles. The van der Waals surface area contributed by atoms with Crippen LogP contribution in [0.2, 0.25) is 0 Å². The zero-order valence-electron chi connectivity index (χ0n) is 12.0. The molecule has 1 aliphatic carbocycles. The van der Waals surface area contributed by atoms with Gasteiger partial charge in [-0.15, -0.1) is 0 Å². The van der Waals surface area contributed by atoms with Gasteiger partial charge >= 0.3 is 0 Å². The Balaban J connectivity index is 2.86. The van der Waals surface area contributed by atoms with Gasteiger partial charge in [-0.25, -0.2) is 0 Å². The first-order valence-electron chi connectivity index (χ1n) is 6.87. The molecule has 1 atom stereocenters. The largest absolute Gasteiger partial charge is 0.392 e. The Kier molecular flexibility index (Phi) is 5.14. The Labute approximate surface area is 116 Å². The third-order valence-electron chi connectivity index (χ3n) is 4.13. The molecule has 0 radical (unpaired) electrons. The lowest BCUT2D eigenvalue weighted by Gasteiger charge is -2.36. The molecule has 4 heteroatoms. The van der Waals surface area contributed by atoms with Gasteiger partial charge in [0.25, 0.3) is 0 Å². The maximum absolute atomic E-state index is 12.8. The molecule has 1 fully saturated rings. The number of likely N-dealkylation sites (N-methyl/N-ethyl adjacent to an activating group) is 1. The van der Waals surface area contributed by atoms with E-state index in [-0.39, 0.29) is 17.4 Å². The summed E-state index contributed by atoms with van der Waals surface area (Å²) in [6.45, 7) is 6.27. The molecule has 0 saturated heterocycles. The van der Waals surface area contributed by atoms with Gasteiger partial charge in [0.1, 0.15) is 0 Å². The predicted octanol–water partition coefficient (Wildman–Crippen LogP) is 2.73. The Morgan fingerprint density at radius 3 is 2.22 bits per heavy atom. The van der Waals surface area contributed by atoms with E-state index in [1.807, 2.05) is 14.0 Å². The predicted molar refractivity (Wildman–Crippen MR) is 79.4 cm³/mol. The number of hydrogen-bond donors (Lipinski definition) is 1. The quantitative estimate of drug-likeness (QED) is 0.781. The molecule has 0 spiro atoms. The summed E-state index contributed by atoms with van der Waals surface area (Å²) in [6, 6.07) is -0.155. The highest BCUT2D eigenvalue weighted by atomic mass is 32.1. The molecule has 3 nitrogen and oxygen atoms in total. The highest BCUT2D eigenvalue weighted by molar-refractivity contribution is 7.80. The number of rotatable bonds is 5. The monoisotopic (exact) mass is 270 g/mol. The summed E-state index contributed by atoms with van der Waals surface area (Å²) >= 11 is 5.00. The van der Waals surface area contributed by atoms with Crippen LogP contribution in [0.15, 0.2) is 0 Å². The molecule has 0 aromatic rings. The number of nitrogens with two attached hydrogens (primary N) is 1. The summed E-state index contributed by atoms with van der Waals surface area (Å²) in [5, 5.41) is 0. The van der Waals surface area contributed by atoms with Crippen molar-refractivity contribution in [2.45, 2.75) is 58.9 Å². The van der Waals surface area contributed by atoms with Crippen LogP contribution in [0, 0.1) is 11.3 Å². The van der Waals surface area contributed by atoms with Crippen molar-refractivity contribution < 1.29 is 4.79 Å². The van der Waals surface area contributed by atoms with Gasteiger partial charge in [-0.3, -0.25) is 4.79 Å². The number of nitrogens with zero attached hydrogens (tertiary/aromatic N) is 1. The molecule has 0 bridgehead atoms. The minimum absolute atomic E-state index is 0.155. The molecule has 0 aromatic carbocycles. The van der Waals surface area contributed by atoms with Crippen molar-refractivity contribution >= 4 is 23.1 Å². The second-order valence-corrected chi connectivity index (χ2v) is 6.55. The van der Waals surface area contributed by atoms with E-state index in [0.717, 1.165) is 32.1 Å². The maximum Gasteiger partial charge on any atom is 0.229 e. The molecule has 0 aliphatic heterocycles. The molecule has 1 amide bonds. The van der Waals surface area contributed by atoms with E-state index in [2.05, 4.69) is 13.8 Å². The van der Waals surface area contributed by atoms with Crippen molar-refractivity contribution in [3.63, 3.8) is 0 Å². The fourth-order valence-corrected chi connectivity index (χ4v) is 3.24. The lowest BCUT2D eigenvalue weighted by atomic mass is 9.77. The molecule has 1 saturated carbocycles. The lowest BCUT2D eigenvalue weighted by Crippen LogP contribution is -2.49. The fourth-order valence-electron chi connectivity index (χ4n) is 3.08. The normalized spacial score (nSPS) is 19.8. The highest BCUT2D eigenvalue weighted by Gasteiger charge is 2.43. The smallest absolute Gasteiger partial charge is 0.229 e. The molecule has 0 aromatic heterocycles. The van der Waals surface area contributed by atoms with Gasteiger partial charge in [-0.2, -0.15) is 0 Å². The zero-order chi connectivity index (χ0) is 13.9. The van der Waals surface area contributed by atoms with Gasteiger partial charge in [0.05, 0.1) is 11.0 Å². The van der Waals surface area contributed by atoms with Crippen LogP contribution in [-0.2, 0) is 4.79 Å². The maximum atomic E-state index is 12.8. The molecule has 2 N–H and O–H groups in total. The van der Waals surface area contributed by atoms with Crippen molar-refractivity contribution in [2.24, 2.45) is 17.1 Å². The van der Waals surface area contributed by atoms with Crippen molar-refractivity contribution in [1.29, 1.82) is 0 Å². The summed E-state index contributed by atoms with van der Waals surface area (Å²) < 4.78 is 0. The molecular weight excluding hydrogens is 244 g/mol. The van der Waals surface area contributed by atoms with E-state index >= 15 is 0 Å². The van der Waals surface area contributed by atoms with Crippen LogP contribution in [-0.4, -0.2) is 28.9 Å². The van der Waals surface area contributed by atoms with Gasteiger partial charge in [-0.1, -0.05) is 38.9 Å². The Bertz CT molecular complexity index is 322. The molecule has 1 unspecified atom stereocenters. The highest BCUT2D eigenvalue weighted by Crippen LogP contribution is 2.44. The van der Waals surface area contributed by atoms with Crippen molar-refractivity contribution in [3.8, 4) is 0 Å². The average molecular weight is 270 g/mol. The second kappa shape index (κ2) is 6.00. The second-order valence-electron chi connectivity index (χ2n) is 6.08. The van der Waals surface area contributed by atoms with Crippen LogP contribution in [0.4, 0.5) is 0 Å². The van der Waals surface area contributed by atoms with E-state index < -0.39 is 0 Å². The third kappa shape index (κ3) is 3.22. The Morgan fingerprint density at radius 2 is 1.83 bits per heavy atom. The van der Waals surface area contributed by atoms with Crippen LogP contribution in [0.25, 0.3) is 0 Å². The first kappa shape index (κ1) is 15.4. The van der Waals surface area contributed by atoms with Gasteiger partial charge in [-0.05, 0) is 32.1 Å². The summed E-state index contributed by atoms with van der Waals surface area (Å²) in [5.41, 5.74) is 5.49. The van der Waals surface area contributed by atoms with Crippen molar-refractivity contribution in [2.75, 3.05) is 7.05 Å². The van der Waals surface area contributed by atoms with E-state index in [0.29, 0.717) is 10.9 Å². The third-order valence-corrected chi connectivity index (χ3v) is 4.47. The van der Waals surface area contributed by atoms with Crippen LogP contribution in [0.3, 0.4) is 0 Å². The summed E-state index contributed by atoms with van der Waals surface area (Å²) in [6.07, 6.45) is 5.32. The molecular formula is C14H26N2OS. The summed E-state index contributed by atoms with van der Waals surface area (Å²) in [5.74, 6) is 0.773. The first-order valence-corrected chi connectivity index (χ1v) is 7.27. The number of carbonyl (C=O) groups excluding carboxylic acids is 1. The van der Waals surface area contributed by atoms with Gasteiger partial charge in [0.15, 0.2) is 0 Å². The van der Waals surface area contributed by atoms with E-state index in [1.54, 1.807) is 4.90 Å². The lowest BCUT2D eigenvalue weighted by molar-refractivity contribution is -0.142. The van der Waals surface area contributed by atoms with Crippen LogP contribution in [0.1, 0.15) is 52.9 Å². The topological polar surface area (TPSA) is 46.3 Å². The summed E-state index contributed by atoms with van der Waals surface area (Å²) in [4.78, 5) is 14.9. The van der Waals surface area contributed by atoms with Crippen molar-refractivity contribution in [1.82, 2.24) is 4.90 Å². The SMILES string of the molecule is CC(C)CC1(C(=O)N(C)C(C)C(N)=S)CCCC1. The molecule has 18 heavy (non-hydrogen) atoms. The molecule has 104 valence electrons. The van der Waals surface area contributed by atoms with E-state index in [4.69, 9.17) is 18.0 Å². The number of hydrogen-bond acceptors (Lipinski definition) is 2. The first-order chi connectivity index (χ1) is 8.30. The van der Waals surface area contributed by atoms with Crippen molar-refractivity contribution in [3.05, 3.63) is 0 Å². The number of amides is 1. The number of carbonyl (C=O) groups is 1. The standard InChI is InChI=1S/C14H26N2OS/c1-10(2)9-14(7-5-6-8-14)13(17)16(4)11(3)12(15)18/h10-11H,5-9H2,1-4H3,(H2,15,18). The Hall–Kier alpha value is -0.640.